The molecule has 0 saturated carbocycles. The lowest BCUT2D eigenvalue weighted by molar-refractivity contribution is 1.18. The molecule has 60 heavy (non-hydrogen) atoms. The van der Waals surface area contributed by atoms with Crippen molar-refractivity contribution in [1.82, 2.24) is 4.57 Å². The standard InChI is InChI=1S/C58H40N2/c1-3-19-46(20-4-1)59(48-38-36-42(37-39-48)41-32-34-44(35-33-41)51-28-14-17-43-16-7-8-24-50(43)51)49-23-13-18-45(40-49)52-25-9-10-26-53(52)54-29-15-31-57-58(54)55-27-11-12-30-56(55)60(57)47-21-5-2-6-22-47/h1-40H. The third-order valence-corrected chi connectivity index (χ3v) is 11.8. The van der Waals surface area contributed by atoms with Crippen LogP contribution in [0.4, 0.5) is 17.1 Å². The van der Waals surface area contributed by atoms with Gasteiger partial charge < -0.3 is 9.47 Å². The average molecular weight is 765 g/mol. The van der Waals surface area contributed by atoms with E-state index >= 15 is 0 Å². The first-order valence-corrected chi connectivity index (χ1v) is 20.6. The van der Waals surface area contributed by atoms with E-state index < -0.39 is 0 Å². The molecule has 0 radical (unpaired) electrons. The molecule has 2 heteroatoms. The predicted molar refractivity (Wildman–Crippen MR) is 255 cm³/mol. The molecule has 1 aromatic heterocycles. The molecule has 0 spiro atoms. The highest BCUT2D eigenvalue weighted by atomic mass is 15.1. The maximum absolute atomic E-state index is 2.39. The molecule has 0 aliphatic heterocycles. The Hall–Kier alpha value is -7.94. The van der Waals surface area contributed by atoms with E-state index in [1.807, 2.05) is 0 Å². The summed E-state index contributed by atoms with van der Waals surface area (Å²) in [7, 11) is 0. The van der Waals surface area contributed by atoms with Gasteiger partial charge in [-0.05, 0) is 116 Å². The van der Waals surface area contributed by atoms with Crippen LogP contribution in [0.3, 0.4) is 0 Å². The predicted octanol–water partition coefficient (Wildman–Crippen LogP) is 16.1. The second-order valence-electron chi connectivity index (χ2n) is 15.3. The van der Waals surface area contributed by atoms with Crippen LogP contribution in [0.1, 0.15) is 0 Å². The Morgan fingerprint density at radius 3 is 1.60 bits per heavy atom. The summed E-state index contributed by atoms with van der Waals surface area (Å²) in [6, 6.07) is 87.7. The molecule has 0 N–H and O–H groups in total. The van der Waals surface area contributed by atoms with Crippen molar-refractivity contribution in [2.45, 2.75) is 0 Å². The van der Waals surface area contributed by atoms with Crippen LogP contribution in [0.5, 0.6) is 0 Å². The van der Waals surface area contributed by atoms with Gasteiger partial charge in [0.05, 0.1) is 11.0 Å². The molecule has 0 unspecified atom stereocenters. The number of hydrogen-bond donors (Lipinski definition) is 0. The average Bonchev–Trinajstić information content (AvgIpc) is 3.67. The zero-order chi connectivity index (χ0) is 39.8. The van der Waals surface area contributed by atoms with E-state index in [-0.39, 0.29) is 0 Å². The summed E-state index contributed by atoms with van der Waals surface area (Å²) < 4.78 is 2.39. The molecule has 0 saturated heterocycles. The van der Waals surface area contributed by atoms with Gasteiger partial charge in [-0.25, -0.2) is 0 Å². The fourth-order valence-electron chi connectivity index (χ4n) is 9.03. The van der Waals surface area contributed by atoms with E-state index in [4.69, 9.17) is 0 Å². The lowest BCUT2D eigenvalue weighted by atomic mass is 9.91. The maximum Gasteiger partial charge on any atom is 0.0547 e. The highest BCUT2D eigenvalue weighted by Crippen LogP contribution is 2.43. The Labute approximate surface area is 350 Å². The summed E-state index contributed by atoms with van der Waals surface area (Å²) in [5.74, 6) is 0. The van der Waals surface area contributed by atoms with Crippen molar-refractivity contribution in [2.24, 2.45) is 0 Å². The first kappa shape index (κ1) is 35.2. The number of nitrogens with zero attached hydrogens (tertiary/aromatic N) is 2. The van der Waals surface area contributed by atoms with Gasteiger partial charge in [-0.15, -0.1) is 0 Å². The number of para-hydroxylation sites is 3. The molecule has 0 fully saturated rings. The molecule has 0 bridgehead atoms. The Bertz CT molecular complexity index is 3280. The van der Waals surface area contributed by atoms with Crippen molar-refractivity contribution < 1.29 is 0 Å². The fourth-order valence-corrected chi connectivity index (χ4v) is 9.03. The summed E-state index contributed by atoms with van der Waals surface area (Å²) in [5, 5.41) is 5.04. The van der Waals surface area contributed by atoms with Crippen molar-refractivity contribution in [3.05, 3.63) is 243 Å². The summed E-state index contributed by atoms with van der Waals surface area (Å²) in [4.78, 5) is 2.35. The Balaban J connectivity index is 0.973. The van der Waals surface area contributed by atoms with E-state index in [0.29, 0.717) is 0 Å². The van der Waals surface area contributed by atoms with Crippen molar-refractivity contribution in [1.29, 1.82) is 0 Å². The minimum atomic E-state index is 1.10. The number of anilines is 3. The quantitative estimate of drug-likeness (QED) is 0.150. The van der Waals surface area contributed by atoms with Crippen molar-refractivity contribution >= 4 is 49.6 Å². The molecule has 0 aliphatic carbocycles. The van der Waals surface area contributed by atoms with Crippen LogP contribution in [-0.4, -0.2) is 4.57 Å². The molecule has 11 aromatic rings. The van der Waals surface area contributed by atoms with Crippen LogP contribution in [-0.2, 0) is 0 Å². The third kappa shape index (κ3) is 6.23. The van der Waals surface area contributed by atoms with Gasteiger partial charge >= 0.3 is 0 Å². The zero-order valence-corrected chi connectivity index (χ0v) is 33.0. The molecule has 11 rings (SSSR count). The summed E-state index contributed by atoms with van der Waals surface area (Å²) in [6.45, 7) is 0. The highest BCUT2D eigenvalue weighted by molar-refractivity contribution is 6.16. The molecule has 10 aromatic carbocycles. The van der Waals surface area contributed by atoms with Crippen molar-refractivity contribution in [3.63, 3.8) is 0 Å². The lowest BCUT2D eigenvalue weighted by Gasteiger charge is -2.26. The van der Waals surface area contributed by atoms with Crippen LogP contribution in [0.25, 0.3) is 82.8 Å². The van der Waals surface area contributed by atoms with E-state index in [9.17, 15) is 0 Å². The van der Waals surface area contributed by atoms with Gasteiger partial charge in [0.1, 0.15) is 0 Å². The monoisotopic (exact) mass is 764 g/mol. The molecule has 282 valence electrons. The largest absolute Gasteiger partial charge is 0.310 e. The SMILES string of the molecule is c1ccc(N(c2ccc(-c3ccc(-c4cccc5ccccc45)cc3)cc2)c2cccc(-c3ccccc3-c3cccc4c3c3ccccc3n4-c3ccccc3)c2)cc1. The zero-order valence-electron chi connectivity index (χ0n) is 33.0. The molecular formula is C58H40N2. The van der Waals surface area contributed by atoms with Crippen LogP contribution in [0.2, 0.25) is 0 Å². The molecule has 0 amide bonds. The molecule has 0 atom stereocenters. The Kier molecular flexibility index (Phi) is 8.87. The van der Waals surface area contributed by atoms with Gasteiger partial charge in [0.15, 0.2) is 0 Å². The van der Waals surface area contributed by atoms with Gasteiger partial charge in [-0.1, -0.05) is 182 Å². The highest BCUT2D eigenvalue weighted by Gasteiger charge is 2.19. The van der Waals surface area contributed by atoms with Gasteiger partial charge in [-0.3, -0.25) is 0 Å². The van der Waals surface area contributed by atoms with E-state index in [1.165, 1.54) is 71.5 Å². The first-order valence-electron chi connectivity index (χ1n) is 20.6. The summed E-state index contributed by atoms with van der Waals surface area (Å²) in [5.41, 5.74) is 16.5. The van der Waals surface area contributed by atoms with E-state index in [1.54, 1.807) is 0 Å². The topological polar surface area (TPSA) is 8.17 Å². The van der Waals surface area contributed by atoms with Gasteiger partial charge in [0, 0.05) is 33.5 Å². The van der Waals surface area contributed by atoms with Gasteiger partial charge in [0.25, 0.3) is 0 Å². The van der Waals surface area contributed by atoms with Gasteiger partial charge in [-0.2, -0.15) is 0 Å². The first-order chi connectivity index (χ1) is 29.8. The number of hydrogen-bond acceptors (Lipinski definition) is 1. The molecule has 0 aliphatic rings. The van der Waals surface area contributed by atoms with Gasteiger partial charge in [0.2, 0.25) is 0 Å². The lowest BCUT2D eigenvalue weighted by Crippen LogP contribution is -2.09. The normalized spacial score (nSPS) is 11.3. The van der Waals surface area contributed by atoms with Crippen LogP contribution >= 0.6 is 0 Å². The second kappa shape index (κ2) is 15.1. The third-order valence-electron chi connectivity index (χ3n) is 11.8. The van der Waals surface area contributed by atoms with Crippen molar-refractivity contribution in [2.75, 3.05) is 4.90 Å². The minimum Gasteiger partial charge on any atom is -0.310 e. The molecule has 1 heterocycles. The number of rotatable bonds is 8. The van der Waals surface area contributed by atoms with Crippen molar-refractivity contribution in [3.8, 4) is 50.2 Å². The molecule has 2 nitrogen and oxygen atoms in total. The maximum atomic E-state index is 2.39. The smallest absolute Gasteiger partial charge is 0.0547 e. The number of fused-ring (bicyclic) bond motifs is 4. The molecular weight excluding hydrogens is 725 g/mol. The number of benzene rings is 10. The Morgan fingerprint density at radius 2 is 0.800 bits per heavy atom. The van der Waals surface area contributed by atoms with Crippen LogP contribution in [0, 0.1) is 0 Å². The van der Waals surface area contributed by atoms with Crippen LogP contribution < -0.4 is 4.90 Å². The summed E-state index contributed by atoms with van der Waals surface area (Å²) in [6.07, 6.45) is 0. The summed E-state index contributed by atoms with van der Waals surface area (Å²) >= 11 is 0. The van der Waals surface area contributed by atoms with E-state index in [2.05, 4.69) is 252 Å². The second-order valence-corrected chi connectivity index (χ2v) is 15.3. The number of aromatic nitrogens is 1. The van der Waals surface area contributed by atoms with Crippen LogP contribution in [0.15, 0.2) is 243 Å². The minimum absolute atomic E-state index is 1.10. The Morgan fingerprint density at radius 1 is 0.283 bits per heavy atom. The van der Waals surface area contributed by atoms with E-state index in [0.717, 1.165) is 28.3 Å². The fraction of sp³-hybridized carbons (Fsp3) is 0.